The first-order chi connectivity index (χ1) is 10.2. The second-order valence-corrected chi connectivity index (χ2v) is 5.82. The van der Waals surface area contributed by atoms with Gasteiger partial charge in [0.2, 0.25) is 5.91 Å². The van der Waals surface area contributed by atoms with E-state index in [1.165, 1.54) is 21.9 Å². The number of carbonyl (C=O) groups is 1. The molecular formula is C18H21NO2. The Balaban J connectivity index is 1.98. The molecule has 3 rings (SSSR count). The molecule has 0 saturated carbocycles. The second-order valence-electron chi connectivity index (χ2n) is 5.82. The second kappa shape index (κ2) is 5.86. The first-order valence-electron chi connectivity index (χ1n) is 7.46. The number of ether oxygens (including phenoxy) is 1. The molecule has 0 spiro atoms. The summed E-state index contributed by atoms with van der Waals surface area (Å²) in [5.41, 5.74) is 2.68. The third-order valence-corrected chi connectivity index (χ3v) is 4.39. The van der Waals surface area contributed by atoms with Gasteiger partial charge in [-0.2, -0.15) is 0 Å². The summed E-state index contributed by atoms with van der Waals surface area (Å²) < 4.78 is 5.69. The monoisotopic (exact) mass is 283 g/mol. The van der Waals surface area contributed by atoms with Crippen LogP contribution in [0.25, 0.3) is 10.8 Å². The van der Waals surface area contributed by atoms with Gasteiger partial charge in [0, 0.05) is 20.6 Å². The van der Waals surface area contributed by atoms with E-state index in [0.29, 0.717) is 5.92 Å². The molecule has 1 aliphatic carbocycles. The third kappa shape index (κ3) is 2.79. The molecule has 2 aromatic carbocycles. The van der Waals surface area contributed by atoms with Gasteiger partial charge in [-0.1, -0.05) is 36.4 Å². The molecule has 1 N–H and O–H groups in total. The highest BCUT2D eigenvalue weighted by atomic mass is 16.5. The molecule has 0 aromatic heterocycles. The number of hydrogen-bond donors (Lipinski definition) is 1. The minimum Gasteiger partial charge on any atom is -0.377 e. The molecule has 3 heteroatoms. The van der Waals surface area contributed by atoms with Crippen LogP contribution in [0.5, 0.6) is 0 Å². The number of methoxy groups -OCH3 is 1. The van der Waals surface area contributed by atoms with E-state index in [-0.39, 0.29) is 12.0 Å². The van der Waals surface area contributed by atoms with Gasteiger partial charge in [0.15, 0.2) is 0 Å². The number of nitrogens with one attached hydrogen (secondary N) is 1. The molecule has 2 aromatic rings. The van der Waals surface area contributed by atoms with E-state index in [1.807, 2.05) is 0 Å². The molecule has 0 aliphatic heterocycles. The molecule has 1 amide bonds. The Morgan fingerprint density at radius 2 is 2.10 bits per heavy atom. The molecule has 3 nitrogen and oxygen atoms in total. The Morgan fingerprint density at radius 1 is 1.29 bits per heavy atom. The summed E-state index contributed by atoms with van der Waals surface area (Å²) in [6.07, 6.45) is 2.08. The minimum atomic E-state index is 0.0349. The van der Waals surface area contributed by atoms with E-state index in [9.17, 15) is 4.79 Å². The molecule has 0 heterocycles. The predicted molar refractivity (Wildman–Crippen MR) is 84.2 cm³/mol. The maximum Gasteiger partial charge on any atom is 0.216 e. The highest BCUT2D eigenvalue weighted by Gasteiger charge is 2.28. The Labute approximate surface area is 125 Å². The Hall–Kier alpha value is -1.87. The SMILES string of the molecule is COC1CC(CNC(C)=O)Cc2c1ccc1ccccc21. The van der Waals surface area contributed by atoms with Crippen molar-refractivity contribution in [3.63, 3.8) is 0 Å². The summed E-state index contributed by atoms with van der Waals surface area (Å²) in [4.78, 5) is 11.2. The molecule has 1 aliphatic rings. The average molecular weight is 283 g/mol. The Bertz CT molecular complexity index is 665. The lowest BCUT2D eigenvalue weighted by Crippen LogP contribution is -2.32. The molecule has 0 bridgehead atoms. The summed E-state index contributed by atoms with van der Waals surface area (Å²) >= 11 is 0. The molecule has 0 radical (unpaired) electrons. The number of fused-ring (bicyclic) bond motifs is 3. The topological polar surface area (TPSA) is 38.3 Å². The summed E-state index contributed by atoms with van der Waals surface area (Å²) in [6, 6.07) is 12.9. The van der Waals surface area contributed by atoms with Gasteiger partial charge >= 0.3 is 0 Å². The van der Waals surface area contributed by atoms with Crippen molar-refractivity contribution in [3.8, 4) is 0 Å². The fourth-order valence-corrected chi connectivity index (χ4v) is 3.35. The zero-order valence-electron chi connectivity index (χ0n) is 12.6. The van der Waals surface area contributed by atoms with Gasteiger partial charge in [-0.25, -0.2) is 0 Å². The van der Waals surface area contributed by atoms with Gasteiger partial charge in [-0.3, -0.25) is 4.79 Å². The van der Waals surface area contributed by atoms with Crippen LogP contribution in [0, 0.1) is 5.92 Å². The lowest BCUT2D eigenvalue weighted by molar-refractivity contribution is -0.119. The molecular weight excluding hydrogens is 262 g/mol. The van der Waals surface area contributed by atoms with Crippen LogP contribution in [0.4, 0.5) is 0 Å². The van der Waals surface area contributed by atoms with Crippen LogP contribution in [0.1, 0.15) is 30.6 Å². The van der Waals surface area contributed by atoms with E-state index in [2.05, 4.69) is 41.7 Å². The van der Waals surface area contributed by atoms with Gasteiger partial charge in [0.25, 0.3) is 0 Å². The molecule has 2 atom stereocenters. The molecule has 2 unspecified atom stereocenters. The first kappa shape index (κ1) is 14.1. The Morgan fingerprint density at radius 3 is 2.86 bits per heavy atom. The van der Waals surface area contributed by atoms with E-state index in [0.717, 1.165) is 19.4 Å². The maximum atomic E-state index is 11.2. The van der Waals surface area contributed by atoms with Crippen LogP contribution in [0.15, 0.2) is 36.4 Å². The summed E-state index contributed by atoms with van der Waals surface area (Å²) in [6.45, 7) is 2.29. The van der Waals surface area contributed by atoms with Crippen molar-refractivity contribution in [2.75, 3.05) is 13.7 Å². The fraction of sp³-hybridized carbons (Fsp3) is 0.389. The number of carbonyl (C=O) groups excluding carboxylic acids is 1. The summed E-state index contributed by atoms with van der Waals surface area (Å²) in [5.74, 6) is 0.463. The normalized spacial score (nSPS) is 21.0. The zero-order chi connectivity index (χ0) is 14.8. The third-order valence-electron chi connectivity index (χ3n) is 4.39. The van der Waals surface area contributed by atoms with Crippen LogP contribution in [-0.4, -0.2) is 19.6 Å². The highest BCUT2D eigenvalue weighted by Crippen LogP contribution is 2.38. The van der Waals surface area contributed by atoms with Gasteiger partial charge in [0.1, 0.15) is 0 Å². The van der Waals surface area contributed by atoms with Crippen molar-refractivity contribution >= 4 is 16.7 Å². The highest BCUT2D eigenvalue weighted by molar-refractivity contribution is 5.87. The van der Waals surface area contributed by atoms with Gasteiger partial charge in [-0.15, -0.1) is 0 Å². The maximum absolute atomic E-state index is 11.2. The van der Waals surface area contributed by atoms with Gasteiger partial charge in [0.05, 0.1) is 6.10 Å². The molecule has 0 saturated heterocycles. The van der Waals surface area contributed by atoms with Crippen molar-refractivity contribution in [1.29, 1.82) is 0 Å². The van der Waals surface area contributed by atoms with E-state index in [1.54, 1.807) is 14.0 Å². The number of hydrogen-bond acceptors (Lipinski definition) is 2. The van der Waals surface area contributed by atoms with Gasteiger partial charge in [-0.05, 0) is 40.7 Å². The van der Waals surface area contributed by atoms with E-state index >= 15 is 0 Å². The van der Waals surface area contributed by atoms with Crippen LogP contribution in [0.2, 0.25) is 0 Å². The lowest BCUT2D eigenvalue weighted by Gasteiger charge is -2.31. The quantitative estimate of drug-likeness (QED) is 0.939. The number of amides is 1. The predicted octanol–water partition coefficient (Wildman–Crippen LogP) is 3.23. The average Bonchev–Trinajstić information content (AvgIpc) is 2.51. The van der Waals surface area contributed by atoms with Crippen molar-refractivity contribution in [2.24, 2.45) is 5.92 Å². The molecule has 21 heavy (non-hydrogen) atoms. The lowest BCUT2D eigenvalue weighted by atomic mass is 9.79. The zero-order valence-corrected chi connectivity index (χ0v) is 12.6. The fourth-order valence-electron chi connectivity index (χ4n) is 3.35. The van der Waals surface area contributed by atoms with Crippen LogP contribution in [-0.2, 0) is 16.0 Å². The summed E-state index contributed by atoms with van der Waals surface area (Å²) in [7, 11) is 1.77. The van der Waals surface area contributed by atoms with E-state index < -0.39 is 0 Å². The standard InChI is InChI=1S/C18H21NO2/c1-12(20)19-11-13-9-17-15-6-4-3-5-14(15)7-8-16(17)18(10-13)21-2/h3-8,13,18H,9-11H2,1-2H3,(H,19,20). The van der Waals surface area contributed by atoms with E-state index in [4.69, 9.17) is 4.74 Å². The van der Waals surface area contributed by atoms with Crippen molar-refractivity contribution in [3.05, 3.63) is 47.5 Å². The van der Waals surface area contributed by atoms with Gasteiger partial charge < -0.3 is 10.1 Å². The largest absolute Gasteiger partial charge is 0.377 e. The van der Waals surface area contributed by atoms with Crippen LogP contribution in [0.3, 0.4) is 0 Å². The first-order valence-corrected chi connectivity index (χ1v) is 7.46. The van der Waals surface area contributed by atoms with Crippen molar-refractivity contribution in [2.45, 2.75) is 25.9 Å². The van der Waals surface area contributed by atoms with Crippen LogP contribution < -0.4 is 5.32 Å². The molecule has 0 fully saturated rings. The minimum absolute atomic E-state index is 0.0349. The smallest absolute Gasteiger partial charge is 0.216 e. The van der Waals surface area contributed by atoms with Crippen molar-refractivity contribution < 1.29 is 9.53 Å². The van der Waals surface area contributed by atoms with Crippen molar-refractivity contribution in [1.82, 2.24) is 5.32 Å². The summed E-state index contributed by atoms with van der Waals surface area (Å²) in [5, 5.41) is 5.52. The number of rotatable bonds is 3. The van der Waals surface area contributed by atoms with Crippen LogP contribution >= 0.6 is 0 Å². The number of benzene rings is 2. The Kier molecular flexibility index (Phi) is 3.93. The molecule has 110 valence electrons.